The summed E-state index contributed by atoms with van der Waals surface area (Å²) in [5, 5.41) is 1.07. The molecule has 0 unspecified atom stereocenters. The minimum atomic E-state index is 0.266. The maximum atomic E-state index is 5.89. The van der Waals surface area contributed by atoms with Gasteiger partial charge in [-0.05, 0) is 43.2 Å². The number of benzene rings is 1. The van der Waals surface area contributed by atoms with Crippen LogP contribution in [-0.2, 0) is 17.8 Å². The SMILES string of the molecule is COc1ccc2cc(CN(Cc3ccccn3)C[C@@H]3CCCO3)c(OC)nc2c1. The number of hydrogen-bond acceptors (Lipinski definition) is 6. The first kappa shape index (κ1) is 19.6. The van der Waals surface area contributed by atoms with E-state index >= 15 is 0 Å². The molecule has 1 aliphatic heterocycles. The molecule has 0 spiro atoms. The molecule has 1 aromatic carbocycles. The van der Waals surface area contributed by atoms with E-state index in [4.69, 9.17) is 19.2 Å². The van der Waals surface area contributed by atoms with E-state index in [1.54, 1.807) is 14.2 Å². The lowest BCUT2D eigenvalue weighted by Gasteiger charge is -2.25. The molecular formula is C23H27N3O3. The van der Waals surface area contributed by atoms with Crippen LogP contribution in [0.25, 0.3) is 10.9 Å². The molecule has 0 bridgehead atoms. The molecule has 3 aromatic rings. The lowest BCUT2D eigenvalue weighted by molar-refractivity contribution is 0.0671. The Morgan fingerprint density at radius 1 is 1.10 bits per heavy atom. The van der Waals surface area contributed by atoms with Crippen LogP contribution in [-0.4, -0.2) is 48.3 Å². The summed E-state index contributed by atoms with van der Waals surface area (Å²) in [5.74, 6) is 1.43. The maximum absolute atomic E-state index is 5.89. The van der Waals surface area contributed by atoms with Gasteiger partial charge in [-0.25, -0.2) is 4.98 Å². The second-order valence-electron chi connectivity index (χ2n) is 7.34. The summed E-state index contributed by atoms with van der Waals surface area (Å²) in [6, 6.07) is 14.1. The molecule has 0 aliphatic carbocycles. The number of pyridine rings is 2. The van der Waals surface area contributed by atoms with Crippen LogP contribution in [0.4, 0.5) is 0 Å². The maximum Gasteiger partial charge on any atom is 0.218 e. The average molecular weight is 393 g/mol. The average Bonchev–Trinajstić information content (AvgIpc) is 3.26. The molecule has 1 aliphatic rings. The van der Waals surface area contributed by atoms with Gasteiger partial charge in [0.25, 0.3) is 0 Å². The predicted octanol–water partition coefficient (Wildman–Crippen LogP) is 3.83. The van der Waals surface area contributed by atoms with Gasteiger partial charge in [0, 0.05) is 49.5 Å². The first-order valence-electron chi connectivity index (χ1n) is 10.0. The summed E-state index contributed by atoms with van der Waals surface area (Å²) in [7, 11) is 3.33. The number of fused-ring (bicyclic) bond motifs is 1. The van der Waals surface area contributed by atoms with Gasteiger partial charge in [-0.2, -0.15) is 0 Å². The van der Waals surface area contributed by atoms with Gasteiger partial charge in [-0.3, -0.25) is 9.88 Å². The molecule has 152 valence electrons. The van der Waals surface area contributed by atoms with Gasteiger partial charge in [-0.1, -0.05) is 6.07 Å². The van der Waals surface area contributed by atoms with Crippen molar-refractivity contribution in [2.75, 3.05) is 27.4 Å². The molecule has 1 saturated heterocycles. The van der Waals surface area contributed by atoms with E-state index in [2.05, 4.69) is 22.0 Å². The molecule has 6 heteroatoms. The van der Waals surface area contributed by atoms with Gasteiger partial charge in [0.2, 0.25) is 5.88 Å². The van der Waals surface area contributed by atoms with E-state index in [-0.39, 0.29) is 6.10 Å². The quantitative estimate of drug-likeness (QED) is 0.580. The number of aromatic nitrogens is 2. The molecule has 0 radical (unpaired) electrons. The normalized spacial score (nSPS) is 16.4. The zero-order valence-electron chi connectivity index (χ0n) is 17.0. The molecule has 0 N–H and O–H groups in total. The van der Waals surface area contributed by atoms with Crippen LogP contribution >= 0.6 is 0 Å². The highest BCUT2D eigenvalue weighted by atomic mass is 16.5. The van der Waals surface area contributed by atoms with E-state index in [1.807, 2.05) is 36.5 Å². The van der Waals surface area contributed by atoms with E-state index in [1.165, 1.54) is 0 Å². The van der Waals surface area contributed by atoms with Crippen LogP contribution in [0.5, 0.6) is 11.6 Å². The number of nitrogens with zero attached hydrogens (tertiary/aromatic N) is 3. The standard InChI is InChI=1S/C23H27N3O3/c1-27-20-9-8-17-12-18(23(28-2)25-22(17)13-20)14-26(16-21-7-5-11-29-21)15-19-6-3-4-10-24-19/h3-4,6,8-10,12-13,21H,5,7,11,14-16H2,1-2H3/t21-/m0/s1. The van der Waals surface area contributed by atoms with Crippen molar-refractivity contribution in [3.8, 4) is 11.6 Å². The Morgan fingerprint density at radius 2 is 2.03 bits per heavy atom. The highest BCUT2D eigenvalue weighted by molar-refractivity contribution is 5.81. The molecule has 0 amide bonds. The molecular weight excluding hydrogens is 366 g/mol. The van der Waals surface area contributed by atoms with Gasteiger partial charge in [0.1, 0.15) is 5.75 Å². The fourth-order valence-corrected chi connectivity index (χ4v) is 3.81. The van der Waals surface area contributed by atoms with Crippen molar-refractivity contribution < 1.29 is 14.2 Å². The molecule has 4 rings (SSSR count). The molecule has 6 nitrogen and oxygen atoms in total. The second kappa shape index (κ2) is 9.20. The van der Waals surface area contributed by atoms with Crippen LogP contribution < -0.4 is 9.47 Å². The smallest absolute Gasteiger partial charge is 0.218 e. The van der Waals surface area contributed by atoms with Gasteiger partial charge in [0.05, 0.1) is 31.5 Å². The van der Waals surface area contributed by atoms with Crippen LogP contribution in [0.1, 0.15) is 24.1 Å². The summed E-state index contributed by atoms with van der Waals surface area (Å²) in [5.41, 5.74) is 2.96. The van der Waals surface area contributed by atoms with E-state index in [0.717, 1.165) is 60.4 Å². The lowest BCUT2D eigenvalue weighted by Crippen LogP contribution is -2.32. The predicted molar refractivity (Wildman–Crippen MR) is 112 cm³/mol. The summed E-state index contributed by atoms with van der Waals surface area (Å²) in [6.07, 6.45) is 4.34. The minimum Gasteiger partial charge on any atom is -0.497 e. The van der Waals surface area contributed by atoms with Crippen LogP contribution in [0, 0.1) is 0 Å². The minimum absolute atomic E-state index is 0.266. The number of hydrogen-bond donors (Lipinski definition) is 0. The van der Waals surface area contributed by atoms with Crippen molar-refractivity contribution in [3.63, 3.8) is 0 Å². The topological polar surface area (TPSA) is 56.7 Å². The molecule has 1 fully saturated rings. The van der Waals surface area contributed by atoms with Gasteiger partial charge >= 0.3 is 0 Å². The van der Waals surface area contributed by atoms with Gasteiger partial charge in [0.15, 0.2) is 0 Å². The number of ether oxygens (including phenoxy) is 3. The van der Waals surface area contributed by atoms with Crippen molar-refractivity contribution in [2.24, 2.45) is 0 Å². The molecule has 2 aromatic heterocycles. The Labute approximate surface area is 171 Å². The molecule has 29 heavy (non-hydrogen) atoms. The van der Waals surface area contributed by atoms with Crippen molar-refractivity contribution in [2.45, 2.75) is 32.0 Å². The zero-order chi connectivity index (χ0) is 20.1. The Morgan fingerprint density at radius 3 is 2.76 bits per heavy atom. The second-order valence-corrected chi connectivity index (χ2v) is 7.34. The van der Waals surface area contributed by atoms with Gasteiger partial charge < -0.3 is 14.2 Å². The Kier molecular flexibility index (Phi) is 6.22. The molecule has 0 saturated carbocycles. The van der Waals surface area contributed by atoms with Crippen LogP contribution in [0.3, 0.4) is 0 Å². The summed E-state index contributed by atoms with van der Waals surface area (Å²) >= 11 is 0. The molecule has 3 heterocycles. The summed E-state index contributed by atoms with van der Waals surface area (Å²) in [4.78, 5) is 11.6. The lowest BCUT2D eigenvalue weighted by atomic mass is 10.1. The zero-order valence-corrected chi connectivity index (χ0v) is 17.0. The van der Waals surface area contributed by atoms with Gasteiger partial charge in [-0.15, -0.1) is 0 Å². The van der Waals surface area contributed by atoms with Crippen LogP contribution in [0.2, 0.25) is 0 Å². The van der Waals surface area contributed by atoms with E-state index in [0.29, 0.717) is 12.4 Å². The van der Waals surface area contributed by atoms with E-state index in [9.17, 15) is 0 Å². The third-order valence-corrected chi connectivity index (χ3v) is 5.25. The van der Waals surface area contributed by atoms with Crippen molar-refractivity contribution in [1.82, 2.24) is 14.9 Å². The Hall–Kier alpha value is -2.70. The largest absolute Gasteiger partial charge is 0.497 e. The monoisotopic (exact) mass is 393 g/mol. The summed E-state index contributed by atoms with van der Waals surface area (Å²) in [6.45, 7) is 3.18. The van der Waals surface area contributed by atoms with Crippen LogP contribution in [0.15, 0.2) is 48.7 Å². The fraction of sp³-hybridized carbons (Fsp3) is 0.391. The number of rotatable bonds is 8. The highest BCUT2D eigenvalue weighted by Crippen LogP contribution is 2.27. The van der Waals surface area contributed by atoms with E-state index < -0.39 is 0 Å². The fourth-order valence-electron chi connectivity index (χ4n) is 3.81. The molecule has 1 atom stereocenters. The first-order valence-corrected chi connectivity index (χ1v) is 10.0. The third-order valence-electron chi connectivity index (χ3n) is 5.25. The van der Waals surface area contributed by atoms with Crippen molar-refractivity contribution >= 4 is 10.9 Å². The Bertz CT molecular complexity index is 943. The van der Waals surface area contributed by atoms with Crippen molar-refractivity contribution in [3.05, 3.63) is 59.9 Å². The van der Waals surface area contributed by atoms with Crippen molar-refractivity contribution in [1.29, 1.82) is 0 Å². The number of methoxy groups -OCH3 is 2. The highest BCUT2D eigenvalue weighted by Gasteiger charge is 2.21. The summed E-state index contributed by atoms with van der Waals surface area (Å²) < 4.78 is 16.8. The Balaban J connectivity index is 1.61. The third kappa shape index (κ3) is 4.83. The first-order chi connectivity index (χ1) is 14.2.